The van der Waals surface area contributed by atoms with Gasteiger partial charge >= 0.3 is 5.97 Å². The van der Waals surface area contributed by atoms with Crippen LogP contribution in [0.1, 0.15) is 24.5 Å². The second-order valence-electron chi connectivity index (χ2n) is 5.57. The summed E-state index contributed by atoms with van der Waals surface area (Å²) in [5.41, 5.74) is 2.63. The molecule has 2 rings (SSSR count). The number of carbonyl (C=O) groups is 2. The topological polar surface area (TPSA) is 60.9 Å². The molecule has 1 atom stereocenters. The second kappa shape index (κ2) is 6.72. The Morgan fingerprint density at radius 2 is 2.00 bits per heavy atom. The van der Waals surface area contributed by atoms with E-state index in [0.29, 0.717) is 0 Å². The summed E-state index contributed by atoms with van der Waals surface area (Å²) < 4.78 is 0. The summed E-state index contributed by atoms with van der Waals surface area (Å²) >= 11 is 0. The van der Waals surface area contributed by atoms with E-state index in [9.17, 15) is 9.59 Å². The molecule has 0 unspecified atom stereocenters. The van der Waals surface area contributed by atoms with E-state index in [-0.39, 0.29) is 24.9 Å². The highest BCUT2D eigenvalue weighted by Gasteiger charge is 2.27. The third-order valence-corrected chi connectivity index (χ3v) is 4.10. The minimum atomic E-state index is -0.880. The standard InChI is InChI=1S/C16H22N2O3/c1-12(16(21)17(2)9-8-15(19)20)18-10-7-13-5-3-4-6-14(13)11-18/h3-6,12H,7-11H2,1-2H3,(H,19,20)/t12-/m1/s1. The van der Waals surface area contributed by atoms with Gasteiger partial charge in [-0.1, -0.05) is 24.3 Å². The number of amides is 1. The highest BCUT2D eigenvalue weighted by Crippen LogP contribution is 2.20. The minimum Gasteiger partial charge on any atom is -0.481 e. The zero-order chi connectivity index (χ0) is 15.4. The lowest BCUT2D eigenvalue weighted by molar-refractivity contribution is -0.139. The van der Waals surface area contributed by atoms with E-state index in [1.165, 1.54) is 16.0 Å². The molecule has 0 aliphatic carbocycles. The molecule has 0 saturated heterocycles. The van der Waals surface area contributed by atoms with Gasteiger partial charge in [0.05, 0.1) is 12.5 Å². The number of likely N-dealkylation sites (N-methyl/N-ethyl adjacent to an activating group) is 1. The minimum absolute atomic E-state index is 0.0161. The van der Waals surface area contributed by atoms with Crippen molar-refractivity contribution in [3.05, 3.63) is 35.4 Å². The van der Waals surface area contributed by atoms with Gasteiger partial charge in [-0.2, -0.15) is 0 Å². The van der Waals surface area contributed by atoms with E-state index in [2.05, 4.69) is 17.0 Å². The molecule has 1 aromatic rings. The van der Waals surface area contributed by atoms with E-state index in [1.807, 2.05) is 19.1 Å². The van der Waals surface area contributed by atoms with Crippen LogP contribution in [-0.2, 0) is 22.6 Å². The quantitative estimate of drug-likeness (QED) is 0.889. The maximum Gasteiger partial charge on any atom is 0.305 e. The fourth-order valence-electron chi connectivity index (χ4n) is 2.70. The van der Waals surface area contributed by atoms with Crippen LogP contribution in [0.2, 0.25) is 0 Å². The molecule has 1 aliphatic heterocycles. The van der Waals surface area contributed by atoms with Gasteiger partial charge in [0.1, 0.15) is 0 Å². The van der Waals surface area contributed by atoms with Crippen LogP contribution in [-0.4, -0.2) is 53.0 Å². The zero-order valence-corrected chi connectivity index (χ0v) is 12.6. The predicted molar refractivity (Wildman–Crippen MR) is 79.9 cm³/mol. The lowest BCUT2D eigenvalue weighted by atomic mass is 9.98. The summed E-state index contributed by atoms with van der Waals surface area (Å²) in [6, 6.07) is 8.08. The molecule has 0 bridgehead atoms. The van der Waals surface area contributed by atoms with Gasteiger partial charge in [-0.15, -0.1) is 0 Å². The van der Waals surface area contributed by atoms with Crippen LogP contribution in [0.5, 0.6) is 0 Å². The molecule has 1 aliphatic rings. The number of rotatable bonds is 5. The number of benzene rings is 1. The van der Waals surface area contributed by atoms with Gasteiger partial charge in [0, 0.05) is 26.7 Å². The molecule has 114 valence electrons. The van der Waals surface area contributed by atoms with E-state index in [1.54, 1.807) is 7.05 Å². The predicted octanol–water partition coefficient (Wildman–Crippen LogP) is 1.37. The average Bonchev–Trinajstić information content (AvgIpc) is 2.50. The molecule has 0 aromatic heterocycles. The van der Waals surface area contributed by atoms with E-state index < -0.39 is 5.97 Å². The highest BCUT2D eigenvalue weighted by molar-refractivity contribution is 5.81. The molecule has 0 radical (unpaired) electrons. The summed E-state index contributed by atoms with van der Waals surface area (Å²) in [5, 5.41) is 8.69. The molecule has 0 fully saturated rings. The molecule has 5 nitrogen and oxygen atoms in total. The molecule has 5 heteroatoms. The Kier molecular flexibility index (Phi) is 4.96. The number of carboxylic acid groups (broad SMARTS) is 1. The van der Waals surface area contributed by atoms with E-state index in [4.69, 9.17) is 5.11 Å². The fourth-order valence-corrected chi connectivity index (χ4v) is 2.70. The Balaban J connectivity index is 1.96. The molecule has 0 saturated carbocycles. The molecule has 1 aromatic carbocycles. The second-order valence-corrected chi connectivity index (χ2v) is 5.57. The number of carboxylic acids is 1. The van der Waals surface area contributed by atoms with Crippen LogP contribution in [0.25, 0.3) is 0 Å². The van der Waals surface area contributed by atoms with Crippen molar-refractivity contribution >= 4 is 11.9 Å². The van der Waals surface area contributed by atoms with Crippen LogP contribution in [0.3, 0.4) is 0 Å². The third kappa shape index (κ3) is 3.82. The average molecular weight is 290 g/mol. The monoisotopic (exact) mass is 290 g/mol. The highest BCUT2D eigenvalue weighted by atomic mass is 16.4. The number of hydrogen-bond acceptors (Lipinski definition) is 3. The maximum absolute atomic E-state index is 12.4. The van der Waals surface area contributed by atoms with Crippen molar-refractivity contribution in [2.75, 3.05) is 20.1 Å². The first-order chi connectivity index (χ1) is 9.99. The number of fused-ring (bicyclic) bond motifs is 1. The van der Waals surface area contributed by atoms with Crippen LogP contribution in [0.15, 0.2) is 24.3 Å². The molecule has 1 N–H and O–H groups in total. The van der Waals surface area contributed by atoms with Gasteiger partial charge in [0.2, 0.25) is 5.91 Å². The molecule has 1 heterocycles. The van der Waals surface area contributed by atoms with Gasteiger partial charge in [0.15, 0.2) is 0 Å². The Hall–Kier alpha value is -1.88. The first-order valence-electron chi connectivity index (χ1n) is 7.26. The van der Waals surface area contributed by atoms with Crippen molar-refractivity contribution in [1.82, 2.24) is 9.80 Å². The largest absolute Gasteiger partial charge is 0.481 e. The van der Waals surface area contributed by atoms with Gasteiger partial charge in [-0.3, -0.25) is 14.5 Å². The molecule has 21 heavy (non-hydrogen) atoms. The number of carbonyl (C=O) groups excluding carboxylic acids is 1. The Morgan fingerprint density at radius 1 is 1.33 bits per heavy atom. The number of hydrogen-bond donors (Lipinski definition) is 1. The summed E-state index contributed by atoms with van der Waals surface area (Å²) in [6.45, 7) is 3.78. The van der Waals surface area contributed by atoms with E-state index in [0.717, 1.165) is 19.5 Å². The first kappa shape index (κ1) is 15.5. The molecule has 0 spiro atoms. The van der Waals surface area contributed by atoms with Crippen LogP contribution < -0.4 is 0 Å². The Bertz CT molecular complexity index is 530. The summed E-state index contributed by atoms with van der Waals surface area (Å²) in [7, 11) is 1.67. The van der Waals surface area contributed by atoms with Crippen molar-refractivity contribution in [3.8, 4) is 0 Å². The molecule has 1 amide bonds. The number of aliphatic carboxylic acids is 1. The summed E-state index contributed by atoms with van der Waals surface area (Å²) in [5.74, 6) is -0.898. The van der Waals surface area contributed by atoms with E-state index >= 15 is 0 Å². The lowest BCUT2D eigenvalue weighted by Crippen LogP contribution is -2.47. The van der Waals surface area contributed by atoms with Crippen molar-refractivity contribution in [3.63, 3.8) is 0 Å². The summed E-state index contributed by atoms with van der Waals surface area (Å²) in [4.78, 5) is 26.6. The van der Waals surface area contributed by atoms with Gasteiger partial charge in [0.25, 0.3) is 0 Å². The Labute approximate surface area is 125 Å². The van der Waals surface area contributed by atoms with Crippen LogP contribution in [0, 0.1) is 0 Å². The lowest BCUT2D eigenvalue weighted by Gasteiger charge is -2.34. The van der Waals surface area contributed by atoms with Gasteiger partial charge in [-0.05, 0) is 24.5 Å². The van der Waals surface area contributed by atoms with Crippen molar-refractivity contribution in [1.29, 1.82) is 0 Å². The maximum atomic E-state index is 12.4. The van der Waals surface area contributed by atoms with Crippen molar-refractivity contribution in [2.24, 2.45) is 0 Å². The number of nitrogens with zero attached hydrogens (tertiary/aromatic N) is 2. The molecular weight excluding hydrogens is 268 g/mol. The summed E-state index contributed by atoms with van der Waals surface area (Å²) in [6.07, 6.45) is 0.935. The normalized spacial score (nSPS) is 16.1. The smallest absolute Gasteiger partial charge is 0.305 e. The third-order valence-electron chi connectivity index (χ3n) is 4.10. The van der Waals surface area contributed by atoms with Gasteiger partial charge in [-0.25, -0.2) is 0 Å². The van der Waals surface area contributed by atoms with Crippen molar-refractivity contribution < 1.29 is 14.7 Å². The SMILES string of the molecule is C[C@H](C(=O)N(C)CCC(=O)O)N1CCc2ccccc2C1. The van der Waals surface area contributed by atoms with Gasteiger partial charge < -0.3 is 10.0 Å². The van der Waals surface area contributed by atoms with Crippen LogP contribution >= 0.6 is 0 Å². The van der Waals surface area contributed by atoms with Crippen LogP contribution in [0.4, 0.5) is 0 Å². The molecular formula is C16H22N2O3. The fraction of sp³-hybridized carbons (Fsp3) is 0.500. The zero-order valence-electron chi connectivity index (χ0n) is 12.6. The Morgan fingerprint density at radius 3 is 2.67 bits per heavy atom. The van der Waals surface area contributed by atoms with Crippen molar-refractivity contribution in [2.45, 2.75) is 32.4 Å². The first-order valence-corrected chi connectivity index (χ1v) is 7.26.